The van der Waals surface area contributed by atoms with E-state index in [1.165, 1.54) is 18.7 Å². The van der Waals surface area contributed by atoms with Crippen molar-refractivity contribution in [3.63, 3.8) is 0 Å². The molecule has 0 spiro atoms. The maximum Gasteiger partial charge on any atom is 0.333 e. The molecule has 1 fully saturated rings. The monoisotopic (exact) mass is 534 g/mol. The molecule has 1 aliphatic rings. The number of rotatable bonds is 6. The van der Waals surface area contributed by atoms with E-state index in [1.807, 2.05) is 4.90 Å². The molecule has 15 heteroatoms. The summed E-state index contributed by atoms with van der Waals surface area (Å²) in [5.41, 5.74) is 2.76. The Morgan fingerprint density at radius 3 is 2.69 bits per heavy atom. The van der Waals surface area contributed by atoms with Crippen molar-refractivity contribution in [1.82, 2.24) is 39.3 Å². The first-order chi connectivity index (χ1) is 17.5. The number of hydrogen-bond acceptors (Lipinski definition) is 8. The van der Waals surface area contributed by atoms with Crippen LogP contribution in [-0.4, -0.2) is 65.6 Å². The number of nitrogens with zero attached hydrogens (tertiary/aromatic N) is 8. The summed E-state index contributed by atoms with van der Waals surface area (Å²) in [5.74, 6) is 1.58. The van der Waals surface area contributed by atoms with Crippen LogP contribution in [0.2, 0.25) is 10.0 Å². The number of benzene rings is 1. The van der Waals surface area contributed by atoms with Crippen LogP contribution in [-0.2, 0) is 11.3 Å². The number of morpholine rings is 1. The molecular weight excluding hydrogens is 517 g/mol. The van der Waals surface area contributed by atoms with Crippen LogP contribution in [0.25, 0.3) is 27.9 Å². The lowest BCUT2D eigenvalue weighted by Gasteiger charge is -2.27. The van der Waals surface area contributed by atoms with Gasteiger partial charge in [-0.25, -0.2) is 14.6 Å². The van der Waals surface area contributed by atoms with Crippen molar-refractivity contribution in [2.45, 2.75) is 13.1 Å². The molecule has 5 heterocycles. The average Bonchev–Trinajstić information content (AvgIpc) is 3.61. The number of halogens is 4. The molecule has 0 aliphatic carbocycles. The predicted octanol–water partition coefficient (Wildman–Crippen LogP) is 4.04. The van der Waals surface area contributed by atoms with Gasteiger partial charge in [-0.1, -0.05) is 23.2 Å². The number of H-pyrrole nitrogens is 1. The molecule has 186 valence electrons. The normalized spacial score (nSPS) is 14.4. The van der Waals surface area contributed by atoms with Crippen molar-refractivity contribution in [1.29, 1.82) is 0 Å². The molecular formula is C21H18Cl2F2N10O. The molecule has 4 aromatic heterocycles. The first-order valence-electron chi connectivity index (χ1n) is 10.9. The SMILES string of the molecule is FC(F)n1cc(-n2cnc3c(NCc4nc5cc(Cl)c(Cl)cc5[nH]4)nc(N4CCOCC4)nc32)cn1. The molecule has 0 bridgehead atoms. The van der Waals surface area contributed by atoms with Gasteiger partial charge >= 0.3 is 6.55 Å². The first-order valence-corrected chi connectivity index (χ1v) is 11.7. The van der Waals surface area contributed by atoms with E-state index >= 15 is 0 Å². The van der Waals surface area contributed by atoms with Crippen molar-refractivity contribution >= 4 is 57.2 Å². The second-order valence-electron chi connectivity index (χ2n) is 8.04. The summed E-state index contributed by atoms with van der Waals surface area (Å²) in [6.45, 7) is -0.114. The van der Waals surface area contributed by atoms with E-state index in [1.54, 1.807) is 16.7 Å². The second kappa shape index (κ2) is 9.15. The lowest BCUT2D eigenvalue weighted by molar-refractivity contribution is 0.0566. The highest BCUT2D eigenvalue weighted by Crippen LogP contribution is 2.28. The van der Waals surface area contributed by atoms with E-state index in [4.69, 9.17) is 37.9 Å². The first kappa shape index (κ1) is 22.9. The molecule has 1 saturated heterocycles. The summed E-state index contributed by atoms with van der Waals surface area (Å²) in [6, 6.07) is 3.41. The van der Waals surface area contributed by atoms with Crippen LogP contribution in [0.4, 0.5) is 20.5 Å². The van der Waals surface area contributed by atoms with E-state index in [0.717, 1.165) is 5.52 Å². The third-order valence-electron chi connectivity index (χ3n) is 5.74. The number of aromatic nitrogens is 8. The average molecular weight is 535 g/mol. The molecule has 11 nitrogen and oxygen atoms in total. The van der Waals surface area contributed by atoms with Crippen molar-refractivity contribution in [3.8, 4) is 5.69 Å². The fourth-order valence-corrected chi connectivity index (χ4v) is 4.30. The van der Waals surface area contributed by atoms with Crippen LogP contribution in [0.5, 0.6) is 0 Å². The minimum Gasteiger partial charge on any atom is -0.378 e. The molecule has 36 heavy (non-hydrogen) atoms. The zero-order valence-corrected chi connectivity index (χ0v) is 20.0. The van der Waals surface area contributed by atoms with Gasteiger partial charge in [0.2, 0.25) is 5.95 Å². The van der Waals surface area contributed by atoms with Crippen LogP contribution >= 0.6 is 23.2 Å². The standard InChI is InChI=1S/C21H18Cl2F2N10O/c22-12-5-14-15(6-13(12)23)30-16(29-14)8-26-18-17-19(32-21(31-18)33-1-3-36-4-2-33)34(10-27-17)11-7-28-35(9-11)20(24)25/h5-7,9-10,20H,1-4,8H2,(H,29,30)(H,26,31,32). The number of nitrogens with one attached hydrogen (secondary N) is 2. The zero-order chi connectivity index (χ0) is 24.8. The summed E-state index contributed by atoms with van der Waals surface area (Å²) in [4.78, 5) is 23.6. The van der Waals surface area contributed by atoms with Gasteiger partial charge in [-0.3, -0.25) is 4.57 Å². The molecule has 0 radical (unpaired) electrons. The van der Waals surface area contributed by atoms with Crippen molar-refractivity contribution < 1.29 is 13.5 Å². The van der Waals surface area contributed by atoms with Crippen LogP contribution in [0.15, 0.2) is 30.9 Å². The predicted molar refractivity (Wildman–Crippen MR) is 130 cm³/mol. The number of fused-ring (bicyclic) bond motifs is 2. The van der Waals surface area contributed by atoms with Gasteiger partial charge in [0.15, 0.2) is 17.0 Å². The fourth-order valence-electron chi connectivity index (χ4n) is 3.97. The second-order valence-corrected chi connectivity index (χ2v) is 8.85. The summed E-state index contributed by atoms with van der Waals surface area (Å²) in [5, 5.41) is 7.85. The molecule has 0 unspecified atom stereocenters. The smallest absolute Gasteiger partial charge is 0.333 e. The highest BCUT2D eigenvalue weighted by molar-refractivity contribution is 6.42. The quantitative estimate of drug-likeness (QED) is 0.335. The number of ether oxygens (including phenoxy) is 1. The number of alkyl halides is 2. The topological polar surface area (TPSA) is 115 Å². The Kier molecular flexibility index (Phi) is 5.82. The highest BCUT2D eigenvalue weighted by Gasteiger charge is 2.21. The minimum absolute atomic E-state index is 0.300. The Morgan fingerprint density at radius 2 is 1.92 bits per heavy atom. The lowest BCUT2D eigenvalue weighted by Crippen LogP contribution is -2.37. The van der Waals surface area contributed by atoms with E-state index in [2.05, 4.69) is 25.4 Å². The van der Waals surface area contributed by atoms with Crippen molar-refractivity contribution in [2.24, 2.45) is 0 Å². The highest BCUT2D eigenvalue weighted by atomic mass is 35.5. The van der Waals surface area contributed by atoms with Gasteiger partial charge in [0.25, 0.3) is 0 Å². The fraction of sp³-hybridized carbons (Fsp3) is 0.286. The van der Waals surface area contributed by atoms with Crippen molar-refractivity contribution in [3.05, 3.63) is 46.7 Å². The Morgan fingerprint density at radius 1 is 1.11 bits per heavy atom. The number of aromatic amines is 1. The van der Waals surface area contributed by atoms with Gasteiger partial charge in [-0.15, -0.1) is 0 Å². The maximum absolute atomic E-state index is 13.1. The van der Waals surface area contributed by atoms with Gasteiger partial charge < -0.3 is 19.9 Å². The molecule has 6 rings (SSSR count). The number of hydrogen-bond donors (Lipinski definition) is 2. The summed E-state index contributed by atoms with van der Waals surface area (Å²) in [7, 11) is 0. The zero-order valence-electron chi connectivity index (χ0n) is 18.5. The molecule has 2 N–H and O–H groups in total. The van der Waals surface area contributed by atoms with Gasteiger partial charge in [0.1, 0.15) is 12.2 Å². The van der Waals surface area contributed by atoms with Gasteiger partial charge in [0, 0.05) is 13.1 Å². The Labute approximate surface area is 212 Å². The van der Waals surface area contributed by atoms with Crippen LogP contribution in [0.3, 0.4) is 0 Å². The van der Waals surface area contributed by atoms with E-state index in [9.17, 15) is 8.78 Å². The largest absolute Gasteiger partial charge is 0.378 e. The van der Waals surface area contributed by atoms with Crippen LogP contribution in [0, 0.1) is 0 Å². The molecule has 0 saturated carbocycles. The van der Waals surface area contributed by atoms with Crippen molar-refractivity contribution in [2.75, 3.05) is 36.5 Å². The summed E-state index contributed by atoms with van der Waals surface area (Å²) < 4.78 is 33.8. The Hall–Kier alpha value is -3.55. The van der Waals surface area contributed by atoms with Gasteiger partial charge in [-0.2, -0.15) is 23.8 Å². The number of anilines is 2. The van der Waals surface area contributed by atoms with Crippen LogP contribution < -0.4 is 10.2 Å². The van der Waals surface area contributed by atoms with Crippen LogP contribution in [0.1, 0.15) is 12.4 Å². The molecule has 5 aromatic rings. The van der Waals surface area contributed by atoms with E-state index in [0.29, 0.717) is 87.5 Å². The van der Waals surface area contributed by atoms with Gasteiger partial charge in [0.05, 0.1) is 58.9 Å². The molecule has 0 amide bonds. The lowest BCUT2D eigenvalue weighted by atomic mass is 10.3. The summed E-state index contributed by atoms with van der Waals surface area (Å²) in [6.07, 6.45) is 4.08. The third kappa shape index (κ3) is 4.18. The van der Waals surface area contributed by atoms with Gasteiger partial charge in [-0.05, 0) is 12.1 Å². The third-order valence-corrected chi connectivity index (χ3v) is 6.46. The summed E-state index contributed by atoms with van der Waals surface area (Å²) >= 11 is 12.2. The molecule has 1 aromatic carbocycles. The Bertz CT molecular complexity index is 1520. The minimum atomic E-state index is -2.75. The number of imidazole rings is 2. The van der Waals surface area contributed by atoms with E-state index in [-0.39, 0.29) is 0 Å². The maximum atomic E-state index is 13.1. The van der Waals surface area contributed by atoms with E-state index < -0.39 is 6.55 Å². The Balaban J connectivity index is 1.38. The molecule has 0 atom stereocenters. The molecule has 1 aliphatic heterocycles.